The van der Waals surface area contributed by atoms with Crippen LogP contribution in [0.3, 0.4) is 0 Å². The fourth-order valence-corrected chi connectivity index (χ4v) is 3.77. The quantitative estimate of drug-likeness (QED) is 0.759. The van der Waals surface area contributed by atoms with Gasteiger partial charge in [-0.25, -0.2) is 4.98 Å². The molecule has 0 bridgehead atoms. The van der Waals surface area contributed by atoms with E-state index in [-0.39, 0.29) is 5.91 Å². The molecule has 0 unspecified atom stereocenters. The van der Waals surface area contributed by atoms with Crippen LogP contribution in [0, 0.1) is 5.92 Å². The summed E-state index contributed by atoms with van der Waals surface area (Å²) in [5.41, 5.74) is 2.64. The van der Waals surface area contributed by atoms with E-state index < -0.39 is 0 Å². The number of likely N-dealkylation sites (tertiary alicyclic amines) is 1. The number of anilines is 1. The number of carbonyl (C=O) groups excluding carboxylic acids is 1. The smallest absolute Gasteiger partial charge is 0.270 e. The zero-order valence-corrected chi connectivity index (χ0v) is 14.9. The Morgan fingerprint density at radius 2 is 2.15 bits per heavy atom. The maximum absolute atomic E-state index is 12.9. The number of fused-ring (bicyclic) bond motifs is 1. The first-order valence-electron chi connectivity index (χ1n) is 9.09. The molecule has 1 atom stereocenters. The maximum atomic E-state index is 12.9. The Labute approximate surface area is 152 Å². The molecule has 4 rings (SSSR count). The van der Waals surface area contributed by atoms with E-state index in [1.54, 1.807) is 12.4 Å². The van der Waals surface area contributed by atoms with Crippen molar-refractivity contribution in [2.24, 2.45) is 5.92 Å². The lowest BCUT2D eigenvalue weighted by molar-refractivity contribution is 0.0668. The number of hydrogen-bond acceptors (Lipinski definition) is 4. The summed E-state index contributed by atoms with van der Waals surface area (Å²) in [5, 5.41) is 4.17. The van der Waals surface area contributed by atoms with Gasteiger partial charge in [0, 0.05) is 43.4 Å². The van der Waals surface area contributed by atoms with Crippen molar-refractivity contribution >= 4 is 22.6 Å². The van der Waals surface area contributed by atoms with E-state index in [0.717, 1.165) is 54.8 Å². The summed E-state index contributed by atoms with van der Waals surface area (Å²) in [7, 11) is 1.86. The van der Waals surface area contributed by atoms with Gasteiger partial charge in [0.1, 0.15) is 11.5 Å². The number of benzene rings is 1. The molecule has 134 valence electrons. The highest BCUT2D eigenvalue weighted by Gasteiger charge is 2.26. The molecule has 6 heteroatoms. The van der Waals surface area contributed by atoms with Crippen molar-refractivity contribution in [3.05, 3.63) is 54.1 Å². The first-order valence-corrected chi connectivity index (χ1v) is 9.09. The summed E-state index contributed by atoms with van der Waals surface area (Å²) in [6, 6.07) is 9.93. The van der Waals surface area contributed by atoms with Crippen molar-refractivity contribution in [3.63, 3.8) is 0 Å². The number of aromatic nitrogens is 3. The highest BCUT2D eigenvalue weighted by atomic mass is 16.2. The van der Waals surface area contributed by atoms with Gasteiger partial charge in [-0.15, -0.1) is 0 Å². The van der Waals surface area contributed by atoms with Crippen LogP contribution < -0.4 is 5.32 Å². The minimum Gasteiger partial charge on any atom is -0.372 e. The number of piperidine rings is 1. The molecule has 1 amide bonds. The van der Waals surface area contributed by atoms with Crippen molar-refractivity contribution in [2.75, 3.05) is 25.5 Å². The second-order valence-electron chi connectivity index (χ2n) is 6.84. The average molecular weight is 349 g/mol. The number of para-hydroxylation sites is 1. The van der Waals surface area contributed by atoms with Gasteiger partial charge in [-0.05, 0) is 37.3 Å². The normalized spacial score (nSPS) is 17.4. The SMILES string of the molecule is CNc1nccnc1C[C@@H]1CCCN(C(=O)c2cc3ccccc3[nH]2)C1. The first kappa shape index (κ1) is 16.6. The minimum absolute atomic E-state index is 0.0823. The third-order valence-electron chi connectivity index (χ3n) is 5.06. The zero-order chi connectivity index (χ0) is 17.9. The molecule has 0 aliphatic carbocycles. The summed E-state index contributed by atoms with van der Waals surface area (Å²) in [6.07, 6.45) is 6.39. The second kappa shape index (κ2) is 7.15. The van der Waals surface area contributed by atoms with Crippen LogP contribution in [-0.2, 0) is 6.42 Å². The van der Waals surface area contributed by atoms with Crippen molar-refractivity contribution in [1.82, 2.24) is 19.9 Å². The van der Waals surface area contributed by atoms with Gasteiger partial charge >= 0.3 is 0 Å². The lowest BCUT2D eigenvalue weighted by Gasteiger charge is -2.32. The van der Waals surface area contributed by atoms with Crippen LogP contribution >= 0.6 is 0 Å². The predicted molar refractivity (Wildman–Crippen MR) is 102 cm³/mol. The third-order valence-corrected chi connectivity index (χ3v) is 5.06. The summed E-state index contributed by atoms with van der Waals surface area (Å²) < 4.78 is 0. The van der Waals surface area contributed by atoms with Gasteiger partial charge in [0.2, 0.25) is 0 Å². The van der Waals surface area contributed by atoms with Crippen molar-refractivity contribution in [3.8, 4) is 0 Å². The maximum Gasteiger partial charge on any atom is 0.270 e. The topological polar surface area (TPSA) is 73.9 Å². The largest absolute Gasteiger partial charge is 0.372 e. The number of carbonyl (C=O) groups is 1. The standard InChI is InChI=1S/C20H23N5O/c1-21-19-17(22-8-9-23-19)11-14-5-4-10-25(13-14)20(26)18-12-15-6-2-3-7-16(15)24-18/h2-3,6-9,12,14,24H,4-5,10-11,13H2,1H3,(H,21,23)/t14-/m0/s1. The number of aromatic amines is 1. The van der Waals surface area contributed by atoms with E-state index in [4.69, 9.17) is 0 Å². The summed E-state index contributed by atoms with van der Waals surface area (Å²) in [6.45, 7) is 1.57. The molecule has 3 aromatic rings. The van der Waals surface area contributed by atoms with Crippen LogP contribution in [0.1, 0.15) is 29.0 Å². The molecular weight excluding hydrogens is 326 g/mol. The Kier molecular flexibility index (Phi) is 4.56. The molecule has 1 aliphatic rings. The molecule has 1 aliphatic heterocycles. The molecule has 0 spiro atoms. The van der Waals surface area contributed by atoms with E-state index in [1.165, 1.54) is 0 Å². The number of hydrogen-bond donors (Lipinski definition) is 2. The summed E-state index contributed by atoms with van der Waals surface area (Å²) in [5.74, 6) is 1.31. The van der Waals surface area contributed by atoms with E-state index in [1.807, 2.05) is 42.3 Å². The van der Waals surface area contributed by atoms with Crippen LogP contribution in [0.4, 0.5) is 5.82 Å². The lowest BCUT2D eigenvalue weighted by Crippen LogP contribution is -2.40. The van der Waals surface area contributed by atoms with Gasteiger partial charge < -0.3 is 15.2 Å². The van der Waals surface area contributed by atoms with Gasteiger partial charge in [-0.3, -0.25) is 9.78 Å². The molecule has 3 heterocycles. The van der Waals surface area contributed by atoms with E-state index in [9.17, 15) is 4.79 Å². The molecule has 1 saturated heterocycles. The number of amides is 1. The van der Waals surface area contributed by atoms with Gasteiger partial charge in [-0.2, -0.15) is 0 Å². The van der Waals surface area contributed by atoms with E-state index >= 15 is 0 Å². The number of nitrogens with zero attached hydrogens (tertiary/aromatic N) is 3. The van der Waals surface area contributed by atoms with E-state index in [2.05, 4.69) is 20.3 Å². The Morgan fingerprint density at radius 3 is 3.00 bits per heavy atom. The highest BCUT2D eigenvalue weighted by Crippen LogP contribution is 2.24. The van der Waals surface area contributed by atoms with Crippen molar-refractivity contribution < 1.29 is 4.79 Å². The number of rotatable bonds is 4. The lowest BCUT2D eigenvalue weighted by atomic mass is 9.93. The van der Waals surface area contributed by atoms with Crippen LogP contribution in [0.15, 0.2) is 42.7 Å². The molecule has 0 radical (unpaired) electrons. The first-order chi connectivity index (χ1) is 12.7. The minimum atomic E-state index is 0.0823. The van der Waals surface area contributed by atoms with Gasteiger partial charge in [0.25, 0.3) is 5.91 Å². The molecule has 2 aromatic heterocycles. The van der Waals surface area contributed by atoms with Gasteiger partial charge in [0.15, 0.2) is 0 Å². The fourth-order valence-electron chi connectivity index (χ4n) is 3.77. The summed E-state index contributed by atoms with van der Waals surface area (Å²) >= 11 is 0. The molecule has 1 aromatic carbocycles. The Bertz CT molecular complexity index is 886. The van der Waals surface area contributed by atoms with Gasteiger partial charge in [0.05, 0.1) is 5.69 Å². The Balaban J connectivity index is 1.48. The zero-order valence-electron chi connectivity index (χ0n) is 14.9. The molecule has 6 nitrogen and oxygen atoms in total. The van der Waals surface area contributed by atoms with Crippen LogP contribution in [-0.4, -0.2) is 45.9 Å². The average Bonchev–Trinajstić information content (AvgIpc) is 3.12. The van der Waals surface area contributed by atoms with Gasteiger partial charge in [-0.1, -0.05) is 18.2 Å². The molecule has 0 saturated carbocycles. The Hall–Kier alpha value is -2.89. The second-order valence-corrected chi connectivity index (χ2v) is 6.84. The van der Waals surface area contributed by atoms with Crippen molar-refractivity contribution in [1.29, 1.82) is 0 Å². The number of nitrogens with one attached hydrogen (secondary N) is 2. The van der Waals surface area contributed by atoms with Crippen molar-refractivity contribution in [2.45, 2.75) is 19.3 Å². The van der Waals surface area contributed by atoms with Crippen LogP contribution in [0.2, 0.25) is 0 Å². The monoisotopic (exact) mass is 349 g/mol. The van der Waals surface area contributed by atoms with Crippen LogP contribution in [0.5, 0.6) is 0 Å². The Morgan fingerprint density at radius 1 is 1.31 bits per heavy atom. The van der Waals surface area contributed by atoms with E-state index in [0.29, 0.717) is 11.6 Å². The highest BCUT2D eigenvalue weighted by molar-refractivity contribution is 5.98. The number of H-pyrrole nitrogens is 1. The molecule has 26 heavy (non-hydrogen) atoms. The predicted octanol–water partition coefficient (Wildman–Crippen LogP) is 3.09. The fraction of sp³-hybridized carbons (Fsp3) is 0.350. The van der Waals surface area contributed by atoms with Crippen LogP contribution in [0.25, 0.3) is 10.9 Å². The third kappa shape index (κ3) is 3.27. The molecular formula is C20H23N5O. The molecule has 2 N–H and O–H groups in total. The summed E-state index contributed by atoms with van der Waals surface area (Å²) in [4.78, 5) is 27.0. The molecule has 1 fully saturated rings.